The first-order chi connectivity index (χ1) is 52.7. The Bertz CT molecular complexity index is 2810. The molecule has 0 rings (SSSR count). The van der Waals surface area contributed by atoms with E-state index in [2.05, 4.69) is 210 Å². The van der Waals surface area contributed by atoms with E-state index in [-0.39, 0.29) is 25.7 Å². The van der Waals surface area contributed by atoms with Crippen molar-refractivity contribution in [3.8, 4) is 0 Å². The quantitative estimate of drug-likeness (QED) is 0.0169. The van der Waals surface area contributed by atoms with E-state index in [1.807, 2.05) is 12.2 Å². The SMILES string of the molecule is CC/C=C\C/C=C\C/C=C\C/C=C\C/C=C\CCCC(=O)OC(COC(=O)CCCCCCCC/C=C\C/C=C\C/C=C\C/C=C\CC)COP(=O)(O)OCC(O)COP(=O)(O)OCC(COC(=O)CCCCCCCCC/C=C\C/C=C\C/C=C\CC)OC(=O)CCCC/C=C\C/C=C\C/C=C\C/C=C\CC. The predicted molar refractivity (Wildman–Crippen MR) is 445 cm³/mol. The van der Waals surface area contributed by atoms with Crippen molar-refractivity contribution in [2.75, 3.05) is 39.6 Å². The third kappa shape index (κ3) is 78.0. The van der Waals surface area contributed by atoms with Crippen LogP contribution in [-0.2, 0) is 65.4 Å². The number of phosphoric acid groups is 2. The minimum absolute atomic E-state index is 0.00427. The minimum Gasteiger partial charge on any atom is -0.462 e. The van der Waals surface area contributed by atoms with Gasteiger partial charge in [0.05, 0.1) is 26.4 Å². The van der Waals surface area contributed by atoms with Gasteiger partial charge in [-0.1, -0.05) is 280 Å². The lowest BCUT2D eigenvalue weighted by Gasteiger charge is -2.21. The first-order valence-corrected chi connectivity index (χ1v) is 43.7. The lowest BCUT2D eigenvalue weighted by atomic mass is 10.1. The summed E-state index contributed by atoms with van der Waals surface area (Å²) in [5.41, 5.74) is 0. The van der Waals surface area contributed by atoms with E-state index in [9.17, 15) is 43.2 Å². The summed E-state index contributed by atoms with van der Waals surface area (Å²) >= 11 is 0. The molecule has 0 saturated carbocycles. The van der Waals surface area contributed by atoms with Crippen molar-refractivity contribution in [3.63, 3.8) is 0 Å². The molecule has 0 amide bonds. The van der Waals surface area contributed by atoms with Crippen LogP contribution >= 0.6 is 15.6 Å². The van der Waals surface area contributed by atoms with Gasteiger partial charge >= 0.3 is 39.5 Å². The summed E-state index contributed by atoms with van der Waals surface area (Å²) in [4.78, 5) is 73.1. The number of aliphatic hydroxyl groups excluding tert-OH is 1. The number of hydrogen-bond donors (Lipinski definition) is 3. The minimum atomic E-state index is -5.01. The van der Waals surface area contributed by atoms with Crippen LogP contribution in [-0.4, -0.2) is 96.7 Å². The summed E-state index contributed by atoms with van der Waals surface area (Å²) in [6.07, 6.45) is 97.0. The van der Waals surface area contributed by atoms with Crippen molar-refractivity contribution < 1.29 is 80.2 Å². The van der Waals surface area contributed by atoms with Crippen LogP contribution in [0.5, 0.6) is 0 Å². The Morgan fingerprint density at radius 1 is 0.259 bits per heavy atom. The number of carbonyl (C=O) groups excluding carboxylic acids is 4. The fourth-order valence-corrected chi connectivity index (χ4v) is 11.6. The fraction of sp³-hybridized carbons (Fsp3) is 0.596. The van der Waals surface area contributed by atoms with Crippen molar-refractivity contribution in [2.45, 2.75) is 303 Å². The van der Waals surface area contributed by atoms with E-state index in [1.54, 1.807) is 0 Å². The number of hydrogen-bond acceptors (Lipinski definition) is 15. The molecular weight excluding hydrogens is 1400 g/mol. The van der Waals surface area contributed by atoms with Crippen molar-refractivity contribution in [3.05, 3.63) is 194 Å². The molecule has 0 aromatic carbocycles. The largest absolute Gasteiger partial charge is 0.472 e. The van der Waals surface area contributed by atoms with Crippen LogP contribution in [0.25, 0.3) is 0 Å². The zero-order chi connectivity index (χ0) is 78.9. The van der Waals surface area contributed by atoms with Crippen molar-refractivity contribution in [2.24, 2.45) is 0 Å². The number of esters is 4. The summed E-state index contributed by atoms with van der Waals surface area (Å²) in [6.45, 7) is 4.26. The van der Waals surface area contributed by atoms with E-state index in [1.165, 1.54) is 0 Å². The molecule has 0 fully saturated rings. The van der Waals surface area contributed by atoms with E-state index in [4.69, 9.17) is 37.0 Å². The molecule has 0 aliphatic carbocycles. The highest BCUT2D eigenvalue weighted by molar-refractivity contribution is 7.47. The van der Waals surface area contributed by atoms with Gasteiger partial charge in [-0.3, -0.25) is 37.3 Å². The molecule has 0 heterocycles. The van der Waals surface area contributed by atoms with Crippen LogP contribution in [0.15, 0.2) is 194 Å². The smallest absolute Gasteiger partial charge is 0.462 e. The molecule has 0 aliphatic rings. The zero-order valence-corrected chi connectivity index (χ0v) is 68.5. The maximum Gasteiger partial charge on any atom is 0.472 e. The molecule has 0 saturated heterocycles. The number of ether oxygens (including phenoxy) is 4. The van der Waals surface area contributed by atoms with Gasteiger partial charge in [0.1, 0.15) is 19.3 Å². The maximum absolute atomic E-state index is 13.1. The molecule has 19 heteroatoms. The van der Waals surface area contributed by atoms with Gasteiger partial charge < -0.3 is 33.8 Å². The molecule has 3 N–H and O–H groups in total. The van der Waals surface area contributed by atoms with E-state index in [0.29, 0.717) is 38.5 Å². The molecule has 17 nitrogen and oxygen atoms in total. The van der Waals surface area contributed by atoms with Crippen LogP contribution in [0, 0.1) is 0 Å². The van der Waals surface area contributed by atoms with Crippen molar-refractivity contribution in [1.82, 2.24) is 0 Å². The third-order valence-corrected chi connectivity index (χ3v) is 17.9. The predicted octanol–water partition coefficient (Wildman–Crippen LogP) is 24.1. The molecule has 0 radical (unpaired) electrons. The topological polar surface area (TPSA) is 237 Å². The van der Waals surface area contributed by atoms with Crippen LogP contribution in [0.4, 0.5) is 0 Å². The fourth-order valence-electron chi connectivity index (χ4n) is 10.0. The highest BCUT2D eigenvalue weighted by Gasteiger charge is 2.30. The Morgan fingerprint density at radius 3 is 0.750 bits per heavy atom. The number of unbranched alkanes of at least 4 members (excludes halogenated alkanes) is 16. The highest BCUT2D eigenvalue weighted by Crippen LogP contribution is 2.45. The summed E-state index contributed by atoms with van der Waals surface area (Å²) in [5, 5.41) is 10.7. The van der Waals surface area contributed by atoms with Crippen LogP contribution in [0.1, 0.15) is 285 Å². The van der Waals surface area contributed by atoms with Crippen LogP contribution in [0.3, 0.4) is 0 Å². The summed E-state index contributed by atoms with van der Waals surface area (Å²) < 4.78 is 68.6. The Kier molecular flexibility index (Phi) is 74.5. The van der Waals surface area contributed by atoms with Gasteiger partial charge in [-0.05, 0) is 173 Å². The van der Waals surface area contributed by atoms with Crippen LogP contribution < -0.4 is 0 Å². The van der Waals surface area contributed by atoms with E-state index in [0.717, 1.165) is 193 Å². The van der Waals surface area contributed by atoms with Gasteiger partial charge in [-0.25, -0.2) is 9.13 Å². The first kappa shape index (κ1) is 102. The molecule has 0 spiro atoms. The summed E-state index contributed by atoms with van der Waals surface area (Å²) in [7, 11) is -10.0. The second-order valence-electron chi connectivity index (χ2n) is 26.2. The first-order valence-electron chi connectivity index (χ1n) is 40.7. The second-order valence-corrected chi connectivity index (χ2v) is 29.1. The van der Waals surface area contributed by atoms with Gasteiger partial charge in [0.15, 0.2) is 12.2 Å². The number of aliphatic hydroxyl groups is 1. The van der Waals surface area contributed by atoms with Gasteiger partial charge in [0.25, 0.3) is 0 Å². The lowest BCUT2D eigenvalue weighted by Crippen LogP contribution is -2.30. The standard InChI is InChI=1S/C89H142O17P2/c1-5-9-13-17-21-25-29-33-37-40-41-44-47-50-54-58-62-66-70-74-87(92)100-80-85(106-89(94)76-72-68-64-60-56-52-48-43-39-35-31-27-23-19-15-11-7-3)82-104-108(97,98)102-78-83(90)77-101-107(95,96)103-81-84(105-88(93)75-71-67-63-59-55-51-45-36-32-28-24-20-16-12-8-4)79-99-86(91)73-69-65-61-57-53-49-46-42-38-34-30-26-22-18-14-10-6-2/h9-16,21-28,33-39,41,44-45,48,52,55,59-60,64,83-85,90H,5-8,17-20,29-32,40,42-43,46-47,49-51,53-54,56-58,61-63,65-82H2,1-4H3,(H,95,96)(H,97,98)/b13-9-,14-10-,15-11-,16-12-,25-21-,26-22-,27-23-,28-24-,37-33-,38-34-,39-35-,44-41-,45-36-,52-48-,59-55-,64-60-. The van der Waals surface area contributed by atoms with Gasteiger partial charge in [0, 0.05) is 25.7 Å². The summed E-state index contributed by atoms with van der Waals surface area (Å²) in [5.74, 6) is -2.33. The van der Waals surface area contributed by atoms with Crippen molar-refractivity contribution >= 4 is 39.5 Å². The number of allylic oxidation sites excluding steroid dienone is 32. The van der Waals surface area contributed by atoms with Crippen LogP contribution in [0.2, 0.25) is 0 Å². The molecule has 610 valence electrons. The average Bonchev–Trinajstić information content (AvgIpc) is 0.900. The Labute approximate surface area is 653 Å². The average molecular weight is 1550 g/mol. The lowest BCUT2D eigenvalue weighted by molar-refractivity contribution is -0.161. The van der Waals surface area contributed by atoms with Gasteiger partial charge in [0.2, 0.25) is 0 Å². The molecule has 5 unspecified atom stereocenters. The Hall–Kier alpha value is -6.10. The summed E-state index contributed by atoms with van der Waals surface area (Å²) in [6, 6.07) is 0. The Morgan fingerprint density at radius 2 is 0.463 bits per heavy atom. The molecule has 0 bridgehead atoms. The maximum atomic E-state index is 13.1. The monoisotopic (exact) mass is 1540 g/mol. The normalized spacial score (nSPS) is 14.8. The van der Waals surface area contributed by atoms with E-state index < -0.39 is 97.5 Å². The Balaban J connectivity index is 5.49. The molecule has 108 heavy (non-hydrogen) atoms. The van der Waals surface area contributed by atoms with E-state index >= 15 is 0 Å². The zero-order valence-electron chi connectivity index (χ0n) is 66.7. The molecule has 0 aromatic rings. The second kappa shape index (κ2) is 79.0. The highest BCUT2D eigenvalue weighted by atomic mass is 31.2. The van der Waals surface area contributed by atoms with Gasteiger partial charge in [-0.15, -0.1) is 0 Å². The van der Waals surface area contributed by atoms with Gasteiger partial charge in [-0.2, -0.15) is 0 Å². The number of rotatable bonds is 74. The molecule has 5 atom stereocenters. The van der Waals surface area contributed by atoms with Crippen molar-refractivity contribution in [1.29, 1.82) is 0 Å². The third-order valence-electron chi connectivity index (χ3n) is 16.0. The molecule has 0 aromatic heterocycles. The number of phosphoric ester groups is 2. The molecule has 0 aliphatic heterocycles. The number of carbonyl (C=O) groups is 4. The molecular formula is C89H142O17P2.